The van der Waals surface area contributed by atoms with Gasteiger partial charge >= 0.3 is 0 Å². The third kappa shape index (κ3) is 4.52. The van der Waals surface area contributed by atoms with Crippen molar-refractivity contribution in [1.29, 1.82) is 0 Å². The molecule has 1 N–H and O–H groups in total. The molecule has 2 heterocycles. The molecule has 1 aromatic heterocycles. The number of aromatic nitrogens is 2. The van der Waals surface area contributed by atoms with Crippen molar-refractivity contribution in [1.82, 2.24) is 13.9 Å². The van der Waals surface area contributed by atoms with Crippen molar-refractivity contribution in [3.63, 3.8) is 0 Å². The minimum absolute atomic E-state index is 0.0629. The highest BCUT2D eigenvalue weighted by Crippen LogP contribution is 2.24. The van der Waals surface area contributed by atoms with Gasteiger partial charge in [-0.2, -0.15) is 4.31 Å². The summed E-state index contributed by atoms with van der Waals surface area (Å²) >= 11 is 0. The molecule has 8 nitrogen and oxygen atoms in total. The molecule has 0 unspecified atom stereocenters. The van der Waals surface area contributed by atoms with Crippen molar-refractivity contribution in [2.75, 3.05) is 18.4 Å². The van der Waals surface area contributed by atoms with Crippen LogP contribution in [0.2, 0.25) is 0 Å². The first-order valence-electron chi connectivity index (χ1n) is 10.2. The molecular formula is C22H24N4O4S. The van der Waals surface area contributed by atoms with Crippen LogP contribution in [0.4, 0.5) is 5.69 Å². The lowest BCUT2D eigenvalue weighted by Gasteiger charge is -2.15. The maximum absolute atomic E-state index is 12.8. The molecule has 2 aromatic carbocycles. The van der Waals surface area contributed by atoms with Gasteiger partial charge in [-0.05, 0) is 50.1 Å². The number of fused-ring (bicyclic) bond motifs is 1. The molecule has 4 rings (SSSR count). The van der Waals surface area contributed by atoms with Crippen LogP contribution < -0.4 is 5.32 Å². The summed E-state index contributed by atoms with van der Waals surface area (Å²) in [6.45, 7) is 2.98. The number of anilines is 1. The van der Waals surface area contributed by atoms with Gasteiger partial charge in [0.05, 0.1) is 22.3 Å². The summed E-state index contributed by atoms with van der Waals surface area (Å²) in [5.74, 6) is -0.247. The van der Waals surface area contributed by atoms with Gasteiger partial charge in [-0.1, -0.05) is 12.1 Å². The van der Waals surface area contributed by atoms with E-state index in [-0.39, 0.29) is 23.0 Å². The SMILES string of the molecule is CC(=O)c1cccc(NC(=O)CCn2cnc3cc(S(=O)(=O)N4CCCC4)ccc32)c1. The number of imidazole rings is 1. The smallest absolute Gasteiger partial charge is 0.243 e. The van der Waals surface area contributed by atoms with E-state index < -0.39 is 10.0 Å². The topological polar surface area (TPSA) is 101 Å². The average molecular weight is 441 g/mol. The Morgan fingerprint density at radius 2 is 1.87 bits per heavy atom. The molecule has 1 saturated heterocycles. The highest BCUT2D eigenvalue weighted by molar-refractivity contribution is 7.89. The van der Waals surface area contributed by atoms with Crippen molar-refractivity contribution >= 4 is 38.4 Å². The first kappa shape index (κ1) is 21.2. The number of benzene rings is 2. The molecule has 0 aliphatic carbocycles. The lowest BCUT2D eigenvalue weighted by Crippen LogP contribution is -2.27. The Balaban J connectivity index is 1.44. The molecule has 9 heteroatoms. The molecule has 1 aliphatic heterocycles. The second-order valence-electron chi connectivity index (χ2n) is 7.63. The number of nitrogens with zero attached hydrogens (tertiary/aromatic N) is 3. The number of Topliss-reactive ketones (excluding diaryl/α,β-unsaturated/α-hetero) is 1. The van der Waals surface area contributed by atoms with Crippen LogP contribution in [-0.4, -0.2) is 47.1 Å². The van der Waals surface area contributed by atoms with Crippen LogP contribution in [0.5, 0.6) is 0 Å². The fourth-order valence-corrected chi connectivity index (χ4v) is 5.26. The van der Waals surface area contributed by atoms with Crippen molar-refractivity contribution in [2.24, 2.45) is 0 Å². The quantitative estimate of drug-likeness (QED) is 0.569. The summed E-state index contributed by atoms with van der Waals surface area (Å²) in [5.41, 5.74) is 2.46. The van der Waals surface area contributed by atoms with E-state index in [9.17, 15) is 18.0 Å². The first-order chi connectivity index (χ1) is 14.8. The molecule has 0 atom stereocenters. The van der Waals surface area contributed by atoms with Gasteiger partial charge in [-0.3, -0.25) is 9.59 Å². The van der Waals surface area contributed by atoms with E-state index in [1.54, 1.807) is 48.8 Å². The van der Waals surface area contributed by atoms with E-state index in [4.69, 9.17) is 0 Å². The highest BCUT2D eigenvalue weighted by atomic mass is 32.2. The average Bonchev–Trinajstić information content (AvgIpc) is 3.42. The fraction of sp³-hybridized carbons (Fsp3) is 0.318. The molecule has 0 bridgehead atoms. The van der Waals surface area contributed by atoms with E-state index in [0.717, 1.165) is 18.4 Å². The second kappa shape index (κ2) is 8.60. The van der Waals surface area contributed by atoms with E-state index in [1.165, 1.54) is 11.2 Å². The normalized spacial score (nSPS) is 14.7. The standard InChI is InChI=1S/C22H24N4O4S/c1-16(27)17-5-4-6-18(13-17)24-22(28)9-12-25-15-23-20-14-19(7-8-21(20)25)31(29,30)26-10-2-3-11-26/h4-8,13-15H,2-3,9-12H2,1H3,(H,24,28). The van der Waals surface area contributed by atoms with Gasteiger partial charge in [0.15, 0.2) is 5.78 Å². The Hall–Kier alpha value is -3.04. The van der Waals surface area contributed by atoms with Crippen LogP contribution in [0.1, 0.15) is 36.5 Å². The van der Waals surface area contributed by atoms with Gasteiger partial charge in [-0.25, -0.2) is 13.4 Å². The number of sulfonamides is 1. The molecule has 0 saturated carbocycles. The van der Waals surface area contributed by atoms with Crippen molar-refractivity contribution in [3.8, 4) is 0 Å². The second-order valence-corrected chi connectivity index (χ2v) is 9.57. The van der Waals surface area contributed by atoms with E-state index in [0.29, 0.717) is 36.4 Å². The summed E-state index contributed by atoms with van der Waals surface area (Å²) in [6.07, 6.45) is 3.60. The molecule has 1 aliphatic rings. The Morgan fingerprint density at radius 3 is 2.61 bits per heavy atom. The van der Waals surface area contributed by atoms with Crippen LogP contribution >= 0.6 is 0 Å². The molecular weight excluding hydrogens is 416 g/mol. The predicted molar refractivity (Wildman–Crippen MR) is 117 cm³/mol. The largest absolute Gasteiger partial charge is 0.330 e. The minimum atomic E-state index is -3.49. The number of carbonyl (C=O) groups excluding carboxylic acids is 2. The molecule has 31 heavy (non-hydrogen) atoms. The van der Waals surface area contributed by atoms with Crippen molar-refractivity contribution < 1.29 is 18.0 Å². The van der Waals surface area contributed by atoms with Crippen LogP contribution in [0, 0.1) is 0 Å². The zero-order valence-corrected chi connectivity index (χ0v) is 18.1. The number of nitrogens with one attached hydrogen (secondary N) is 1. The summed E-state index contributed by atoms with van der Waals surface area (Å²) < 4.78 is 28.9. The van der Waals surface area contributed by atoms with E-state index >= 15 is 0 Å². The van der Waals surface area contributed by atoms with Gasteiger partial charge in [0.25, 0.3) is 0 Å². The third-order valence-corrected chi connectivity index (χ3v) is 7.32. The lowest BCUT2D eigenvalue weighted by molar-refractivity contribution is -0.116. The molecule has 0 radical (unpaired) electrons. The van der Waals surface area contributed by atoms with Crippen molar-refractivity contribution in [2.45, 2.75) is 37.6 Å². The summed E-state index contributed by atoms with van der Waals surface area (Å²) in [6, 6.07) is 11.7. The van der Waals surface area contributed by atoms with Crippen LogP contribution in [0.15, 0.2) is 53.7 Å². The predicted octanol–water partition coefficient (Wildman–Crippen LogP) is 3.05. The van der Waals surface area contributed by atoms with E-state index in [1.807, 2.05) is 4.57 Å². The van der Waals surface area contributed by atoms with Crippen LogP contribution in [0.3, 0.4) is 0 Å². The number of aryl methyl sites for hydroxylation is 1. The number of hydrogen-bond donors (Lipinski definition) is 1. The number of rotatable bonds is 7. The van der Waals surface area contributed by atoms with Crippen molar-refractivity contribution in [3.05, 3.63) is 54.4 Å². The highest BCUT2D eigenvalue weighted by Gasteiger charge is 2.27. The Morgan fingerprint density at radius 1 is 1.10 bits per heavy atom. The molecule has 0 spiro atoms. The summed E-state index contributed by atoms with van der Waals surface area (Å²) in [7, 11) is -3.49. The minimum Gasteiger partial charge on any atom is -0.330 e. The van der Waals surface area contributed by atoms with Gasteiger partial charge in [0.1, 0.15) is 0 Å². The van der Waals surface area contributed by atoms with Gasteiger partial charge in [-0.15, -0.1) is 0 Å². The van der Waals surface area contributed by atoms with Crippen LogP contribution in [-0.2, 0) is 21.4 Å². The van der Waals surface area contributed by atoms with Crippen LogP contribution in [0.25, 0.3) is 11.0 Å². The Labute approximate surface area is 180 Å². The van der Waals surface area contributed by atoms with Gasteiger partial charge < -0.3 is 9.88 Å². The first-order valence-corrected chi connectivity index (χ1v) is 11.6. The third-order valence-electron chi connectivity index (χ3n) is 5.43. The van der Waals surface area contributed by atoms with E-state index in [2.05, 4.69) is 10.3 Å². The van der Waals surface area contributed by atoms with Gasteiger partial charge in [0, 0.05) is 37.3 Å². The maximum Gasteiger partial charge on any atom is 0.243 e. The lowest BCUT2D eigenvalue weighted by atomic mass is 10.1. The Bertz CT molecular complexity index is 1240. The molecule has 1 fully saturated rings. The Kier molecular flexibility index (Phi) is 5.88. The van der Waals surface area contributed by atoms with Gasteiger partial charge in [0.2, 0.25) is 15.9 Å². The fourth-order valence-electron chi connectivity index (χ4n) is 3.72. The maximum atomic E-state index is 12.8. The summed E-state index contributed by atoms with van der Waals surface area (Å²) in [5, 5.41) is 2.80. The zero-order chi connectivity index (χ0) is 22.0. The molecule has 3 aromatic rings. The number of hydrogen-bond acceptors (Lipinski definition) is 5. The summed E-state index contributed by atoms with van der Waals surface area (Å²) in [4.78, 5) is 28.4. The molecule has 1 amide bonds. The molecule has 162 valence electrons. The zero-order valence-electron chi connectivity index (χ0n) is 17.2. The number of ketones is 1. The monoisotopic (exact) mass is 440 g/mol. The number of amides is 1. The number of carbonyl (C=O) groups is 2.